The van der Waals surface area contributed by atoms with Crippen molar-refractivity contribution in [3.8, 4) is 0 Å². The Bertz CT molecular complexity index is 1260. The van der Waals surface area contributed by atoms with E-state index in [1.54, 1.807) is 18.0 Å². The van der Waals surface area contributed by atoms with Gasteiger partial charge in [-0.1, -0.05) is 53.7 Å². The highest BCUT2D eigenvalue weighted by Crippen LogP contribution is 2.24. The van der Waals surface area contributed by atoms with Gasteiger partial charge in [0.25, 0.3) is 0 Å². The lowest BCUT2D eigenvalue weighted by Crippen LogP contribution is -2.08. The SMILES string of the molecule is Cc1ccc(COCc2nnc(SCc3nc4ccccc4[nH]3)n2Cc2ccco2)cc1. The third kappa shape index (κ3) is 4.76. The van der Waals surface area contributed by atoms with E-state index < -0.39 is 0 Å². The molecule has 0 saturated heterocycles. The van der Waals surface area contributed by atoms with Crippen molar-refractivity contribution >= 4 is 22.8 Å². The number of hydrogen-bond donors (Lipinski definition) is 1. The fourth-order valence-corrected chi connectivity index (χ4v) is 4.23. The number of H-pyrrole nitrogens is 1. The minimum Gasteiger partial charge on any atom is -0.467 e. The molecule has 1 N–H and O–H groups in total. The zero-order valence-corrected chi connectivity index (χ0v) is 18.5. The number of thioether (sulfide) groups is 1. The van der Waals surface area contributed by atoms with Gasteiger partial charge in [0.15, 0.2) is 11.0 Å². The number of ether oxygens (including phenoxy) is 1. The molecule has 0 saturated carbocycles. The monoisotopic (exact) mass is 445 g/mol. The van der Waals surface area contributed by atoms with Crippen molar-refractivity contribution in [2.45, 2.75) is 37.6 Å². The second-order valence-corrected chi connectivity index (χ2v) is 8.47. The zero-order chi connectivity index (χ0) is 21.8. The molecule has 0 radical (unpaired) electrons. The van der Waals surface area contributed by atoms with E-state index in [4.69, 9.17) is 9.15 Å². The summed E-state index contributed by atoms with van der Waals surface area (Å²) in [6.07, 6.45) is 1.68. The van der Waals surface area contributed by atoms with Crippen LogP contribution in [0.15, 0.2) is 76.5 Å². The van der Waals surface area contributed by atoms with Crippen LogP contribution in [0.2, 0.25) is 0 Å². The molecule has 3 aromatic heterocycles. The quantitative estimate of drug-likeness (QED) is 0.317. The van der Waals surface area contributed by atoms with Gasteiger partial charge in [-0.25, -0.2) is 4.98 Å². The molecule has 0 fully saturated rings. The standard InChI is InChI=1S/C24H23N5O2S/c1-17-8-10-18(11-9-17)14-30-15-23-27-28-24(29(23)13-19-5-4-12-31-19)32-16-22-25-20-6-2-3-7-21(20)26-22/h2-12H,13-16H2,1H3,(H,25,26). The van der Waals surface area contributed by atoms with E-state index in [0.29, 0.717) is 25.5 Å². The van der Waals surface area contributed by atoms with E-state index in [2.05, 4.69) is 51.4 Å². The lowest BCUT2D eigenvalue weighted by atomic mass is 10.2. The maximum absolute atomic E-state index is 5.94. The molecule has 0 amide bonds. The minimum atomic E-state index is 0.368. The third-order valence-electron chi connectivity index (χ3n) is 5.08. The Kier molecular flexibility index (Phi) is 6.04. The Balaban J connectivity index is 1.29. The lowest BCUT2D eigenvalue weighted by Gasteiger charge is -2.09. The molecule has 5 aromatic rings. The van der Waals surface area contributed by atoms with Gasteiger partial charge in [0, 0.05) is 0 Å². The van der Waals surface area contributed by atoms with Gasteiger partial charge in [-0.2, -0.15) is 0 Å². The number of para-hydroxylation sites is 2. The van der Waals surface area contributed by atoms with Gasteiger partial charge in [-0.15, -0.1) is 10.2 Å². The topological polar surface area (TPSA) is 81.8 Å². The molecule has 32 heavy (non-hydrogen) atoms. The smallest absolute Gasteiger partial charge is 0.192 e. The maximum atomic E-state index is 5.94. The molecule has 7 nitrogen and oxygen atoms in total. The maximum Gasteiger partial charge on any atom is 0.192 e. The van der Waals surface area contributed by atoms with Crippen molar-refractivity contribution in [1.82, 2.24) is 24.7 Å². The molecule has 0 unspecified atom stereocenters. The molecule has 0 spiro atoms. The molecule has 0 atom stereocenters. The van der Waals surface area contributed by atoms with Crippen molar-refractivity contribution in [3.63, 3.8) is 0 Å². The van der Waals surface area contributed by atoms with Crippen LogP contribution in [-0.4, -0.2) is 24.7 Å². The number of aromatic amines is 1. The molecule has 162 valence electrons. The first-order chi connectivity index (χ1) is 15.7. The number of rotatable bonds is 9. The van der Waals surface area contributed by atoms with E-state index in [9.17, 15) is 0 Å². The summed E-state index contributed by atoms with van der Waals surface area (Å²) in [4.78, 5) is 8.01. The van der Waals surface area contributed by atoms with Crippen molar-refractivity contribution in [2.24, 2.45) is 0 Å². The first kappa shape index (κ1) is 20.5. The summed E-state index contributed by atoms with van der Waals surface area (Å²) >= 11 is 1.59. The minimum absolute atomic E-state index is 0.368. The van der Waals surface area contributed by atoms with Crippen LogP contribution in [-0.2, 0) is 30.2 Å². The predicted molar refractivity (Wildman–Crippen MR) is 123 cm³/mol. The van der Waals surface area contributed by atoms with E-state index in [1.807, 2.05) is 41.0 Å². The summed E-state index contributed by atoms with van der Waals surface area (Å²) in [7, 11) is 0. The molecule has 5 rings (SSSR count). The Morgan fingerprint density at radius 1 is 1.00 bits per heavy atom. The molecule has 0 aliphatic rings. The highest BCUT2D eigenvalue weighted by molar-refractivity contribution is 7.98. The summed E-state index contributed by atoms with van der Waals surface area (Å²) in [5.74, 6) is 3.17. The molecule has 0 aliphatic heterocycles. The van der Waals surface area contributed by atoms with E-state index >= 15 is 0 Å². The van der Waals surface area contributed by atoms with Crippen molar-refractivity contribution in [2.75, 3.05) is 0 Å². The Labute approximate surface area is 189 Å². The summed E-state index contributed by atoms with van der Waals surface area (Å²) in [5.41, 5.74) is 4.36. The molecule has 2 aromatic carbocycles. The first-order valence-corrected chi connectivity index (χ1v) is 11.4. The Hall–Kier alpha value is -3.36. The molecular formula is C24H23N5O2S. The number of imidazole rings is 1. The number of fused-ring (bicyclic) bond motifs is 1. The second kappa shape index (κ2) is 9.42. The van der Waals surface area contributed by atoms with Gasteiger partial charge in [0.2, 0.25) is 0 Å². The van der Waals surface area contributed by atoms with Gasteiger partial charge >= 0.3 is 0 Å². The van der Waals surface area contributed by atoms with E-state index in [-0.39, 0.29) is 0 Å². The third-order valence-corrected chi connectivity index (χ3v) is 6.06. The highest BCUT2D eigenvalue weighted by atomic mass is 32.2. The molecule has 3 heterocycles. The van der Waals surface area contributed by atoms with Gasteiger partial charge < -0.3 is 14.1 Å². The highest BCUT2D eigenvalue weighted by Gasteiger charge is 2.15. The largest absolute Gasteiger partial charge is 0.467 e. The van der Waals surface area contributed by atoms with E-state index in [0.717, 1.165) is 39.2 Å². The Morgan fingerprint density at radius 3 is 2.69 bits per heavy atom. The number of aromatic nitrogens is 5. The fraction of sp³-hybridized carbons (Fsp3) is 0.208. The van der Waals surface area contributed by atoms with Crippen molar-refractivity contribution in [3.05, 3.63) is 95.5 Å². The number of benzene rings is 2. The molecular weight excluding hydrogens is 422 g/mol. The van der Waals surface area contributed by atoms with Crippen LogP contribution < -0.4 is 0 Å². The van der Waals surface area contributed by atoms with Crippen LogP contribution in [0.1, 0.15) is 28.5 Å². The normalized spacial score (nSPS) is 11.4. The van der Waals surface area contributed by atoms with Crippen LogP contribution in [0, 0.1) is 6.92 Å². The van der Waals surface area contributed by atoms with Crippen LogP contribution in [0.4, 0.5) is 0 Å². The summed E-state index contributed by atoms with van der Waals surface area (Å²) in [5, 5.41) is 9.61. The number of furan rings is 1. The van der Waals surface area contributed by atoms with Crippen LogP contribution >= 0.6 is 11.8 Å². The number of nitrogens with zero attached hydrogens (tertiary/aromatic N) is 4. The van der Waals surface area contributed by atoms with Gasteiger partial charge in [-0.05, 0) is 36.8 Å². The fourth-order valence-electron chi connectivity index (χ4n) is 3.40. The van der Waals surface area contributed by atoms with Gasteiger partial charge in [-0.3, -0.25) is 4.57 Å². The molecule has 0 bridgehead atoms. The van der Waals surface area contributed by atoms with Crippen LogP contribution in [0.5, 0.6) is 0 Å². The average molecular weight is 446 g/mol. The molecule has 8 heteroatoms. The first-order valence-electron chi connectivity index (χ1n) is 10.4. The van der Waals surface area contributed by atoms with Crippen molar-refractivity contribution < 1.29 is 9.15 Å². The van der Waals surface area contributed by atoms with Crippen LogP contribution in [0.3, 0.4) is 0 Å². The van der Waals surface area contributed by atoms with Gasteiger partial charge in [0.1, 0.15) is 18.2 Å². The van der Waals surface area contributed by atoms with Gasteiger partial charge in [0.05, 0.1) is 36.2 Å². The zero-order valence-electron chi connectivity index (χ0n) is 17.7. The number of hydrogen-bond acceptors (Lipinski definition) is 6. The average Bonchev–Trinajstić information content (AvgIpc) is 3.55. The number of nitrogens with one attached hydrogen (secondary N) is 1. The van der Waals surface area contributed by atoms with E-state index in [1.165, 1.54) is 5.56 Å². The van der Waals surface area contributed by atoms with Crippen molar-refractivity contribution in [1.29, 1.82) is 0 Å². The number of aryl methyl sites for hydroxylation is 1. The summed E-state index contributed by atoms with van der Waals surface area (Å²) in [6.45, 7) is 3.51. The summed E-state index contributed by atoms with van der Waals surface area (Å²) in [6, 6.07) is 20.2. The lowest BCUT2D eigenvalue weighted by molar-refractivity contribution is 0.0988. The van der Waals surface area contributed by atoms with Crippen LogP contribution in [0.25, 0.3) is 11.0 Å². The molecule has 0 aliphatic carbocycles. The predicted octanol–water partition coefficient (Wildman–Crippen LogP) is 5.11. The second-order valence-electron chi connectivity index (χ2n) is 7.53. The summed E-state index contributed by atoms with van der Waals surface area (Å²) < 4.78 is 13.5. The Morgan fingerprint density at radius 2 is 1.88 bits per heavy atom.